The average Bonchev–Trinajstić information content (AvgIpc) is 3.13. The monoisotopic (exact) mass is 518 g/mol. The number of nitrogens with zero attached hydrogens (tertiary/aromatic N) is 2. The molecule has 1 atom stereocenters. The first-order valence-corrected chi connectivity index (χ1v) is 13.5. The van der Waals surface area contributed by atoms with Gasteiger partial charge in [0, 0.05) is 11.1 Å². The molecular formula is C25H27ClN2O6S. The van der Waals surface area contributed by atoms with E-state index in [0.717, 1.165) is 24.2 Å². The molecule has 1 unspecified atom stereocenters. The Kier molecular flexibility index (Phi) is 7.59. The molecule has 35 heavy (non-hydrogen) atoms. The van der Waals surface area contributed by atoms with Crippen molar-refractivity contribution in [3.63, 3.8) is 0 Å². The van der Waals surface area contributed by atoms with Crippen molar-refractivity contribution in [2.75, 3.05) is 11.5 Å². The number of amides is 2. The first kappa shape index (κ1) is 25.3. The number of esters is 1. The van der Waals surface area contributed by atoms with Crippen LogP contribution in [-0.2, 0) is 24.3 Å². The zero-order chi connectivity index (χ0) is 25.2. The van der Waals surface area contributed by atoms with Gasteiger partial charge in [0.25, 0.3) is 5.91 Å². The highest BCUT2D eigenvalue weighted by Crippen LogP contribution is 2.35. The van der Waals surface area contributed by atoms with E-state index < -0.39 is 33.8 Å². The quantitative estimate of drug-likeness (QED) is 0.402. The summed E-state index contributed by atoms with van der Waals surface area (Å²) in [6, 6.07) is 10.2. The zero-order valence-electron chi connectivity index (χ0n) is 19.4. The molecule has 4 rings (SSSR count). The molecule has 0 aromatic heterocycles. The number of rotatable bonds is 7. The van der Waals surface area contributed by atoms with Crippen LogP contribution in [-0.4, -0.2) is 49.2 Å². The topological polar surface area (TPSA) is 101 Å². The molecule has 0 spiro atoms. The van der Waals surface area contributed by atoms with Gasteiger partial charge < -0.3 is 4.74 Å². The van der Waals surface area contributed by atoms with Gasteiger partial charge in [-0.2, -0.15) is 4.31 Å². The SMILES string of the molecule is CCOC(=O)c1ccc(N2C(=O)CC(N(C3CCCCC3)S(=O)(=O)c3ccc(Cl)cc3)C2=O)cc1. The molecule has 2 aliphatic rings. The second kappa shape index (κ2) is 10.5. The minimum Gasteiger partial charge on any atom is -0.462 e. The summed E-state index contributed by atoms with van der Waals surface area (Å²) in [6.45, 7) is 1.93. The Hall–Kier alpha value is -2.75. The van der Waals surface area contributed by atoms with Gasteiger partial charge in [-0.05, 0) is 68.3 Å². The van der Waals surface area contributed by atoms with Crippen molar-refractivity contribution >= 4 is 45.1 Å². The lowest BCUT2D eigenvalue weighted by molar-refractivity contribution is -0.122. The molecule has 0 N–H and O–H groups in total. The van der Waals surface area contributed by atoms with E-state index in [0.29, 0.717) is 23.4 Å². The van der Waals surface area contributed by atoms with Crippen molar-refractivity contribution < 1.29 is 27.5 Å². The van der Waals surface area contributed by atoms with Crippen LogP contribution in [0.15, 0.2) is 53.4 Å². The number of hydrogen-bond acceptors (Lipinski definition) is 6. The molecule has 2 amide bonds. The molecule has 1 aliphatic heterocycles. The van der Waals surface area contributed by atoms with E-state index in [1.165, 1.54) is 52.8 Å². The second-order valence-electron chi connectivity index (χ2n) is 8.64. The van der Waals surface area contributed by atoms with E-state index in [1.54, 1.807) is 6.92 Å². The third-order valence-corrected chi connectivity index (χ3v) is 8.62. The van der Waals surface area contributed by atoms with Crippen LogP contribution in [0.4, 0.5) is 5.69 Å². The summed E-state index contributed by atoms with van der Waals surface area (Å²) in [4.78, 5) is 39.5. The minimum absolute atomic E-state index is 0.0324. The van der Waals surface area contributed by atoms with Crippen molar-refractivity contribution in [3.05, 3.63) is 59.1 Å². The molecule has 186 valence electrons. The number of carbonyl (C=O) groups is 3. The van der Waals surface area contributed by atoms with Crippen LogP contribution < -0.4 is 4.90 Å². The van der Waals surface area contributed by atoms with Gasteiger partial charge >= 0.3 is 5.97 Å². The fourth-order valence-electron chi connectivity index (χ4n) is 4.73. The molecule has 1 saturated heterocycles. The minimum atomic E-state index is -4.07. The van der Waals surface area contributed by atoms with Gasteiger partial charge in [-0.15, -0.1) is 0 Å². The van der Waals surface area contributed by atoms with Crippen LogP contribution in [0.2, 0.25) is 5.02 Å². The highest BCUT2D eigenvalue weighted by Gasteiger charge is 2.49. The Morgan fingerprint density at radius 1 is 1.03 bits per heavy atom. The number of halogens is 1. The maximum atomic E-state index is 13.8. The summed E-state index contributed by atoms with van der Waals surface area (Å²) in [7, 11) is -4.07. The molecule has 1 aliphatic carbocycles. The molecule has 1 saturated carbocycles. The van der Waals surface area contributed by atoms with Crippen molar-refractivity contribution in [1.82, 2.24) is 4.31 Å². The van der Waals surface area contributed by atoms with Gasteiger partial charge in [0.05, 0.1) is 29.2 Å². The maximum Gasteiger partial charge on any atom is 0.338 e. The lowest BCUT2D eigenvalue weighted by Gasteiger charge is -2.36. The standard InChI is InChI=1S/C25H27ClN2O6S/c1-2-34-25(31)17-8-12-19(13-9-17)27-23(29)16-22(24(27)30)28(20-6-4-3-5-7-20)35(32,33)21-14-10-18(26)11-15-21/h8-15,20,22H,2-7,16H2,1H3. The number of sulfonamides is 1. The molecule has 10 heteroatoms. The van der Waals surface area contributed by atoms with Gasteiger partial charge in [0.15, 0.2) is 0 Å². The normalized spacial score (nSPS) is 19.4. The van der Waals surface area contributed by atoms with E-state index in [4.69, 9.17) is 16.3 Å². The van der Waals surface area contributed by atoms with E-state index >= 15 is 0 Å². The van der Waals surface area contributed by atoms with Crippen LogP contribution in [0.25, 0.3) is 0 Å². The Labute approximate surface area is 209 Å². The molecule has 8 nitrogen and oxygen atoms in total. The fourth-order valence-corrected chi connectivity index (χ4v) is 6.68. The Bertz CT molecular complexity index is 1210. The summed E-state index contributed by atoms with van der Waals surface area (Å²) >= 11 is 5.95. The summed E-state index contributed by atoms with van der Waals surface area (Å²) < 4.78 is 33.7. The third kappa shape index (κ3) is 5.12. The first-order valence-electron chi connectivity index (χ1n) is 11.7. The summed E-state index contributed by atoms with van der Waals surface area (Å²) in [5.74, 6) is -1.59. The zero-order valence-corrected chi connectivity index (χ0v) is 20.9. The fraction of sp³-hybridized carbons (Fsp3) is 0.400. The van der Waals surface area contributed by atoms with Crippen molar-refractivity contribution in [3.8, 4) is 0 Å². The number of hydrogen-bond donors (Lipinski definition) is 0. The highest BCUT2D eigenvalue weighted by molar-refractivity contribution is 7.89. The average molecular weight is 519 g/mol. The second-order valence-corrected chi connectivity index (χ2v) is 10.9. The lowest BCUT2D eigenvalue weighted by Crippen LogP contribution is -2.51. The molecule has 2 aromatic carbocycles. The van der Waals surface area contributed by atoms with Crippen LogP contribution in [0.3, 0.4) is 0 Å². The molecule has 0 radical (unpaired) electrons. The Morgan fingerprint density at radius 3 is 2.26 bits per heavy atom. The summed E-state index contributed by atoms with van der Waals surface area (Å²) in [6.07, 6.45) is 3.71. The molecule has 2 fully saturated rings. The molecular weight excluding hydrogens is 492 g/mol. The van der Waals surface area contributed by atoms with Gasteiger partial charge in [0.2, 0.25) is 15.9 Å². The van der Waals surface area contributed by atoms with Crippen LogP contribution in [0, 0.1) is 0 Å². The van der Waals surface area contributed by atoms with Gasteiger partial charge in [-0.25, -0.2) is 18.1 Å². The third-order valence-electron chi connectivity index (χ3n) is 6.39. The van der Waals surface area contributed by atoms with E-state index in [2.05, 4.69) is 0 Å². The smallest absolute Gasteiger partial charge is 0.338 e. The number of benzene rings is 2. The summed E-state index contributed by atoms with van der Waals surface area (Å²) in [5, 5.41) is 0.401. The predicted molar refractivity (Wildman–Crippen MR) is 131 cm³/mol. The predicted octanol–water partition coefficient (Wildman–Crippen LogP) is 4.17. The van der Waals surface area contributed by atoms with E-state index in [-0.39, 0.29) is 29.7 Å². The number of imide groups is 1. The van der Waals surface area contributed by atoms with Gasteiger partial charge in [-0.1, -0.05) is 30.9 Å². The maximum absolute atomic E-state index is 13.8. The molecule has 0 bridgehead atoms. The largest absolute Gasteiger partial charge is 0.462 e. The van der Waals surface area contributed by atoms with Gasteiger partial charge in [-0.3, -0.25) is 9.59 Å². The lowest BCUT2D eigenvalue weighted by atomic mass is 9.94. The van der Waals surface area contributed by atoms with Crippen molar-refractivity contribution in [2.45, 2.75) is 62.4 Å². The van der Waals surface area contributed by atoms with Crippen molar-refractivity contribution in [2.24, 2.45) is 0 Å². The Balaban J connectivity index is 1.67. The number of ether oxygens (including phenoxy) is 1. The number of carbonyl (C=O) groups excluding carboxylic acids is 3. The van der Waals surface area contributed by atoms with Gasteiger partial charge in [0.1, 0.15) is 6.04 Å². The molecule has 1 heterocycles. The Morgan fingerprint density at radius 2 is 1.66 bits per heavy atom. The van der Waals surface area contributed by atoms with E-state index in [9.17, 15) is 22.8 Å². The van der Waals surface area contributed by atoms with E-state index in [1.807, 2.05) is 0 Å². The first-order chi connectivity index (χ1) is 16.7. The van der Waals surface area contributed by atoms with Crippen molar-refractivity contribution in [1.29, 1.82) is 0 Å². The summed E-state index contributed by atoms with van der Waals surface area (Å²) in [5.41, 5.74) is 0.573. The highest BCUT2D eigenvalue weighted by atomic mass is 35.5. The van der Waals surface area contributed by atoms with Crippen LogP contribution in [0.1, 0.15) is 55.8 Å². The molecule has 2 aromatic rings. The number of anilines is 1. The van der Waals surface area contributed by atoms with Crippen LogP contribution >= 0.6 is 11.6 Å². The van der Waals surface area contributed by atoms with Crippen LogP contribution in [0.5, 0.6) is 0 Å².